The van der Waals surface area contributed by atoms with Crippen molar-refractivity contribution in [3.63, 3.8) is 0 Å². The number of pyridine rings is 1. The Morgan fingerprint density at radius 2 is 2.04 bits per heavy atom. The summed E-state index contributed by atoms with van der Waals surface area (Å²) in [5.41, 5.74) is 2.85. The van der Waals surface area contributed by atoms with Crippen LogP contribution in [-0.2, 0) is 5.75 Å². The third kappa shape index (κ3) is 2.64. The lowest BCUT2D eigenvalue weighted by Gasteiger charge is -2.08. The van der Waals surface area contributed by atoms with Gasteiger partial charge in [-0.25, -0.2) is 9.50 Å². The highest BCUT2D eigenvalue weighted by Crippen LogP contribution is 2.30. The van der Waals surface area contributed by atoms with Crippen molar-refractivity contribution in [2.45, 2.75) is 17.8 Å². The van der Waals surface area contributed by atoms with Crippen molar-refractivity contribution in [1.29, 1.82) is 0 Å². The number of nitrogens with zero attached hydrogens (tertiary/aromatic N) is 5. The number of rotatable bonds is 3. The first kappa shape index (κ1) is 14.4. The molecule has 0 bridgehead atoms. The molecule has 0 aliphatic carbocycles. The molecule has 23 heavy (non-hydrogen) atoms. The standard InChI is InChI=1S/C16H12ClN5S/c1-10-11-5-2-3-6-12(11)19-13(14(10)17)9-23-16-20-15-18-7-4-8-22(15)21-16/h2-8H,9H2,1H3. The van der Waals surface area contributed by atoms with E-state index in [1.165, 1.54) is 11.8 Å². The van der Waals surface area contributed by atoms with E-state index in [2.05, 4.69) is 20.1 Å². The molecule has 0 aliphatic rings. The highest BCUT2D eigenvalue weighted by atomic mass is 35.5. The molecule has 0 atom stereocenters. The highest BCUT2D eigenvalue weighted by molar-refractivity contribution is 7.98. The fraction of sp³-hybridized carbons (Fsp3) is 0.125. The molecule has 0 spiro atoms. The third-order valence-electron chi connectivity index (χ3n) is 3.58. The highest BCUT2D eigenvalue weighted by Gasteiger charge is 2.12. The van der Waals surface area contributed by atoms with Gasteiger partial charge < -0.3 is 0 Å². The molecule has 7 heteroatoms. The van der Waals surface area contributed by atoms with Gasteiger partial charge in [0, 0.05) is 23.5 Å². The van der Waals surface area contributed by atoms with Gasteiger partial charge in [0.05, 0.1) is 16.2 Å². The van der Waals surface area contributed by atoms with Gasteiger partial charge in [0.15, 0.2) is 0 Å². The molecular weight excluding hydrogens is 330 g/mol. The summed E-state index contributed by atoms with van der Waals surface area (Å²) in [6.45, 7) is 2.02. The summed E-state index contributed by atoms with van der Waals surface area (Å²) in [7, 11) is 0. The van der Waals surface area contributed by atoms with Crippen LogP contribution in [0, 0.1) is 6.92 Å². The van der Waals surface area contributed by atoms with E-state index in [0.717, 1.165) is 22.2 Å². The molecule has 5 nitrogen and oxygen atoms in total. The first-order valence-corrected chi connectivity index (χ1v) is 8.42. The zero-order valence-corrected chi connectivity index (χ0v) is 13.8. The maximum Gasteiger partial charge on any atom is 0.253 e. The molecule has 0 aliphatic heterocycles. The van der Waals surface area contributed by atoms with Gasteiger partial charge >= 0.3 is 0 Å². The van der Waals surface area contributed by atoms with Crippen molar-refractivity contribution in [3.8, 4) is 0 Å². The van der Waals surface area contributed by atoms with E-state index in [9.17, 15) is 0 Å². The Bertz CT molecular complexity index is 981. The number of hydrogen-bond acceptors (Lipinski definition) is 5. The van der Waals surface area contributed by atoms with Crippen molar-refractivity contribution >= 4 is 40.0 Å². The van der Waals surface area contributed by atoms with Gasteiger partial charge in [-0.05, 0) is 24.6 Å². The van der Waals surface area contributed by atoms with E-state index in [-0.39, 0.29) is 0 Å². The van der Waals surface area contributed by atoms with Gasteiger partial charge in [-0.3, -0.25) is 4.98 Å². The molecule has 0 saturated heterocycles. The van der Waals surface area contributed by atoms with Crippen LogP contribution in [0.1, 0.15) is 11.3 Å². The molecule has 4 aromatic rings. The second kappa shape index (κ2) is 5.79. The van der Waals surface area contributed by atoms with Gasteiger partial charge in [-0.15, -0.1) is 5.10 Å². The quantitative estimate of drug-likeness (QED) is 0.528. The number of fused-ring (bicyclic) bond motifs is 2. The summed E-state index contributed by atoms with van der Waals surface area (Å²) in [4.78, 5) is 13.2. The Morgan fingerprint density at radius 3 is 2.91 bits per heavy atom. The van der Waals surface area contributed by atoms with Crippen LogP contribution in [0.4, 0.5) is 0 Å². The van der Waals surface area contributed by atoms with Crippen LogP contribution in [0.15, 0.2) is 47.9 Å². The third-order valence-corrected chi connectivity index (χ3v) is 4.93. The van der Waals surface area contributed by atoms with E-state index in [1.54, 1.807) is 10.7 Å². The predicted octanol–water partition coefficient (Wildman–Crippen LogP) is 3.93. The molecule has 3 aromatic heterocycles. The number of hydrogen-bond donors (Lipinski definition) is 0. The minimum atomic E-state index is 0.587. The van der Waals surface area contributed by atoms with Gasteiger partial charge in [0.25, 0.3) is 5.78 Å². The Hall–Kier alpha value is -2.18. The molecule has 0 saturated carbocycles. The number of halogens is 1. The SMILES string of the molecule is Cc1c(Cl)c(CSc2nc3ncccn3n2)nc2ccccc12. The summed E-state index contributed by atoms with van der Waals surface area (Å²) in [5.74, 6) is 1.20. The summed E-state index contributed by atoms with van der Waals surface area (Å²) in [6.07, 6.45) is 3.52. The summed E-state index contributed by atoms with van der Waals surface area (Å²) in [5, 5.41) is 6.83. The number of para-hydroxylation sites is 1. The minimum Gasteiger partial charge on any atom is -0.250 e. The Balaban J connectivity index is 1.66. The monoisotopic (exact) mass is 341 g/mol. The lowest BCUT2D eigenvalue weighted by molar-refractivity contribution is 0.879. The van der Waals surface area contributed by atoms with Crippen LogP contribution in [-0.4, -0.2) is 24.6 Å². The summed E-state index contributed by atoms with van der Waals surface area (Å²) in [6, 6.07) is 9.83. The topological polar surface area (TPSA) is 56.0 Å². The Morgan fingerprint density at radius 1 is 1.17 bits per heavy atom. The fourth-order valence-electron chi connectivity index (χ4n) is 2.42. The van der Waals surface area contributed by atoms with E-state index in [4.69, 9.17) is 11.6 Å². The maximum atomic E-state index is 6.48. The van der Waals surface area contributed by atoms with E-state index in [0.29, 0.717) is 21.7 Å². The maximum absolute atomic E-state index is 6.48. The van der Waals surface area contributed by atoms with Crippen LogP contribution in [0.3, 0.4) is 0 Å². The van der Waals surface area contributed by atoms with Crippen molar-refractivity contribution in [2.24, 2.45) is 0 Å². The van der Waals surface area contributed by atoms with Crippen LogP contribution < -0.4 is 0 Å². The molecule has 0 amide bonds. The molecule has 0 unspecified atom stereocenters. The van der Waals surface area contributed by atoms with E-state index < -0.39 is 0 Å². The summed E-state index contributed by atoms with van der Waals surface area (Å²) >= 11 is 7.98. The molecular formula is C16H12ClN5S. The van der Waals surface area contributed by atoms with Crippen LogP contribution in [0.2, 0.25) is 5.02 Å². The minimum absolute atomic E-state index is 0.587. The van der Waals surface area contributed by atoms with E-state index >= 15 is 0 Å². The molecule has 114 valence electrons. The van der Waals surface area contributed by atoms with Gasteiger partial charge in [-0.1, -0.05) is 41.6 Å². The summed E-state index contributed by atoms with van der Waals surface area (Å²) < 4.78 is 1.66. The lowest BCUT2D eigenvalue weighted by atomic mass is 10.1. The first-order chi connectivity index (χ1) is 11.2. The van der Waals surface area contributed by atoms with Crippen molar-refractivity contribution in [3.05, 3.63) is 59.0 Å². The number of benzene rings is 1. The van der Waals surface area contributed by atoms with Crippen molar-refractivity contribution in [2.75, 3.05) is 0 Å². The molecule has 4 rings (SSSR count). The molecule has 1 aromatic carbocycles. The van der Waals surface area contributed by atoms with Crippen LogP contribution in [0.25, 0.3) is 16.7 Å². The average molecular weight is 342 g/mol. The predicted molar refractivity (Wildman–Crippen MR) is 91.8 cm³/mol. The lowest BCUT2D eigenvalue weighted by Crippen LogP contribution is -1.94. The Labute approximate surface area is 141 Å². The zero-order chi connectivity index (χ0) is 15.8. The van der Waals surface area contributed by atoms with Gasteiger partial charge in [-0.2, -0.15) is 4.98 Å². The Kier molecular flexibility index (Phi) is 3.63. The number of aromatic nitrogens is 5. The normalized spacial score (nSPS) is 11.4. The van der Waals surface area contributed by atoms with Crippen molar-refractivity contribution < 1.29 is 0 Å². The zero-order valence-electron chi connectivity index (χ0n) is 12.3. The average Bonchev–Trinajstić information content (AvgIpc) is 3.00. The molecule has 3 heterocycles. The largest absolute Gasteiger partial charge is 0.253 e. The second-order valence-electron chi connectivity index (χ2n) is 5.06. The van der Waals surface area contributed by atoms with Gasteiger partial charge in [0.1, 0.15) is 0 Å². The number of aryl methyl sites for hydroxylation is 1. The van der Waals surface area contributed by atoms with E-state index in [1.807, 2.05) is 43.5 Å². The molecule has 0 radical (unpaired) electrons. The fourth-order valence-corrected chi connectivity index (χ4v) is 3.48. The number of thioether (sulfide) groups is 1. The molecule has 0 N–H and O–H groups in total. The molecule has 0 fully saturated rings. The van der Waals surface area contributed by atoms with Gasteiger partial charge in [0.2, 0.25) is 5.16 Å². The van der Waals surface area contributed by atoms with Crippen LogP contribution in [0.5, 0.6) is 0 Å². The first-order valence-electron chi connectivity index (χ1n) is 7.06. The van der Waals surface area contributed by atoms with Crippen molar-refractivity contribution in [1.82, 2.24) is 24.6 Å². The second-order valence-corrected chi connectivity index (χ2v) is 6.38. The smallest absolute Gasteiger partial charge is 0.250 e. The van der Waals surface area contributed by atoms with Crippen LogP contribution >= 0.6 is 23.4 Å².